The first-order valence-electron chi connectivity index (χ1n) is 11.7. The molecule has 0 spiro atoms. The molecule has 0 amide bonds. The zero-order valence-electron chi connectivity index (χ0n) is 20.4. The van der Waals surface area contributed by atoms with Crippen LogP contribution in [0.2, 0.25) is 5.02 Å². The lowest BCUT2D eigenvalue weighted by Crippen LogP contribution is -2.12. The minimum absolute atomic E-state index is 0.00463. The molecule has 0 aliphatic carbocycles. The number of ether oxygens (including phenoxy) is 1. The Morgan fingerprint density at radius 3 is 2.46 bits per heavy atom. The summed E-state index contributed by atoms with van der Waals surface area (Å²) in [6, 6.07) is 22.7. The van der Waals surface area contributed by atoms with Crippen LogP contribution in [0.3, 0.4) is 0 Å². The van der Waals surface area contributed by atoms with E-state index in [1.807, 2.05) is 66.7 Å². The van der Waals surface area contributed by atoms with Crippen LogP contribution in [0.25, 0.3) is 11.3 Å². The molecular weight excluding hydrogens is 510 g/mol. The van der Waals surface area contributed by atoms with Gasteiger partial charge in [-0.1, -0.05) is 77.4 Å². The van der Waals surface area contributed by atoms with Crippen LogP contribution in [0.5, 0.6) is 0 Å². The number of carboxylic acids is 1. The standard InChI is InChI=1S/C29H26ClNO5S/c1-18-24(16-28(34)35-19(2)23-8-4-5-9-25(23)30)29(36-31-18)21-13-11-20(12-14-21)17-37-26-10-6-3-7-22(26)15-27(32)33/h3-14,19H,15-17H2,1-2H3,(H,32,33). The molecule has 0 aliphatic heterocycles. The molecule has 0 saturated carbocycles. The Morgan fingerprint density at radius 2 is 1.73 bits per heavy atom. The summed E-state index contributed by atoms with van der Waals surface area (Å²) in [5.41, 5.74) is 4.74. The lowest BCUT2D eigenvalue weighted by molar-refractivity contribution is -0.147. The molecule has 0 radical (unpaired) electrons. The van der Waals surface area contributed by atoms with Crippen LogP contribution in [0.4, 0.5) is 0 Å². The fourth-order valence-electron chi connectivity index (χ4n) is 3.94. The number of rotatable bonds is 10. The number of aryl methyl sites for hydroxylation is 1. The van der Waals surface area contributed by atoms with E-state index in [0.717, 1.165) is 27.1 Å². The van der Waals surface area contributed by atoms with Gasteiger partial charge in [0.2, 0.25) is 0 Å². The van der Waals surface area contributed by atoms with Crippen LogP contribution in [0.15, 0.2) is 82.2 Å². The van der Waals surface area contributed by atoms with Crippen molar-refractivity contribution < 1.29 is 24.0 Å². The smallest absolute Gasteiger partial charge is 0.311 e. The molecule has 4 aromatic rings. The molecule has 3 aromatic carbocycles. The molecule has 37 heavy (non-hydrogen) atoms. The van der Waals surface area contributed by atoms with Crippen molar-refractivity contribution in [2.45, 2.75) is 43.4 Å². The van der Waals surface area contributed by atoms with Crippen molar-refractivity contribution in [3.63, 3.8) is 0 Å². The van der Waals surface area contributed by atoms with E-state index in [-0.39, 0.29) is 12.8 Å². The number of aromatic nitrogens is 1. The molecule has 8 heteroatoms. The van der Waals surface area contributed by atoms with Gasteiger partial charge in [-0.05, 0) is 37.1 Å². The van der Waals surface area contributed by atoms with Crippen molar-refractivity contribution in [2.75, 3.05) is 0 Å². The molecule has 1 atom stereocenters. The van der Waals surface area contributed by atoms with Crippen LogP contribution in [-0.4, -0.2) is 22.2 Å². The molecule has 1 N–H and O–H groups in total. The summed E-state index contributed by atoms with van der Waals surface area (Å²) in [4.78, 5) is 24.8. The first-order chi connectivity index (χ1) is 17.8. The van der Waals surface area contributed by atoms with Gasteiger partial charge in [0, 0.05) is 32.4 Å². The molecule has 190 valence electrons. The third-order valence-corrected chi connectivity index (χ3v) is 7.41. The number of hydrogen-bond donors (Lipinski definition) is 1. The van der Waals surface area contributed by atoms with E-state index in [2.05, 4.69) is 5.16 Å². The van der Waals surface area contributed by atoms with Crippen LogP contribution in [0.1, 0.15) is 41.0 Å². The van der Waals surface area contributed by atoms with Crippen molar-refractivity contribution in [1.29, 1.82) is 0 Å². The number of hydrogen-bond acceptors (Lipinski definition) is 6. The Kier molecular flexibility index (Phi) is 8.69. The minimum Gasteiger partial charge on any atom is -0.481 e. The fraction of sp³-hybridized carbons (Fsp3) is 0.207. The molecule has 1 heterocycles. The van der Waals surface area contributed by atoms with Crippen molar-refractivity contribution >= 4 is 35.3 Å². The van der Waals surface area contributed by atoms with Crippen LogP contribution in [0, 0.1) is 6.92 Å². The first-order valence-corrected chi connectivity index (χ1v) is 13.1. The van der Waals surface area contributed by atoms with Gasteiger partial charge in [-0.3, -0.25) is 9.59 Å². The van der Waals surface area contributed by atoms with Gasteiger partial charge in [-0.15, -0.1) is 11.8 Å². The normalized spacial score (nSPS) is 11.8. The summed E-state index contributed by atoms with van der Waals surface area (Å²) in [6.45, 7) is 3.59. The van der Waals surface area contributed by atoms with Crippen molar-refractivity contribution in [1.82, 2.24) is 5.16 Å². The first kappa shape index (κ1) is 26.5. The highest BCUT2D eigenvalue weighted by Crippen LogP contribution is 2.31. The van der Waals surface area contributed by atoms with Gasteiger partial charge in [0.1, 0.15) is 6.10 Å². The SMILES string of the molecule is Cc1noc(-c2ccc(CSc3ccccc3CC(=O)O)cc2)c1CC(=O)OC(C)c1ccccc1Cl. The maximum Gasteiger partial charge on any atom is 0.311 e. The number of nitrogens with zero attached hydrogens (tertiary/aromatic N) is 1. The zero-order chi connectivity index (χ0) is 26.4. The average molecular weight is 536 g/mol. The quantitative estimate of drug-likeness (QED) is 0.171. The lowest BCUT2D eigenvalue weighted by atomic mass is 10.0. The number of carbonyl (C=O) groups is 2. The second-order valence-corrected chi connectivity index (χ2v) is 9.99. The van der Waals surface area contributed by atoms with Crippen molar-refractivity contribution in [3.05, 3.63) is 106 Å². The molecule has 6 nitrogen and oxygen atoms in total. The topological polar surface area (TPSA) is 89.6 Å². The monoisotopic (exact) mass is 535 g/mol. The van der Waals surface area contributed by atoms with E-state index in [0.29, 0.717) is 27.8 Å². The predicted octanol–water partition coefficient (Wildman–Crippen LogP) is 7.07. The summed E-state index contributed by atoms with van der Waals surface area (Å²) in [6.07, 6.45) is -0.463. The highest BCUT2D eigenvalue weighted by atomic mass is 35.5. The van der Waals surface area contributed by atoms with Gasteiger partial charge in [0.25, 0.3) is 0 Å². The van der Waals surface area contributed by atoms with Crippen molar-refractivity contribution in [3.8, 4) is 11.3 Å². The third-order valence-electron chi connectivity index (χ3n) is 5.88. The third kappa shape index (κ3) is 6.81. The highest BCUT2D eigenvalue weighted by Gasteiger charge is 2.21. The van der Waals surface area contributed by atoms with Crippen LogP contribution in [-0.2, 0) is 32.9 Å². The van der Waals surface area contributed by atoms with Crippen LogP contribution < -0.4 is 0 Å². The summed E-state index contributed by atoms with van der Waals surface area (Å²) in [5.74, 6) is -0.0255. The summed E-state index contributed by atoms with van der Waals surface area (Å²) < 4.78 is 11.2. The minimum atomic E-state index is -0.849. The Bertz CT molecular complexity index is 1400. The number of carboxylic acid groups (broad SMARTS) is 1. The van der Waals surface area contributed by atoms with Gasteiger partial charge in [0.15, 0.2) is 5.76 Å². The maximum absolute atomic E-state index is 12.7. The number of benzene rings is 3. The highest BCUT2D eigenvalue weighted by molar-refractivity contribution is 7.98. The molecule has 4 rings (SSSR count). The van der Waals surface area contributed by atoms with Gasteiger partial charge >= 0.3 is 11.9 Å². The fourth-order valence-corrected chi connectivity index (χ4v) is 5.25. The Hall–Kier alpha value is -3.55. The second kappa shape index (κ2) is 12.1. The molecule has 1 aromatic heterocycles. The van der Waals surface area contributed by atoms with E-state index in [9.17, 15) is 9.59 Å². The number of aliphatic carboxylic acids is 1. The average Bonchev–Trinajstić information content (AvgIpc) is 3.23. The summed E-state index contributed by atoms with van der Waals surface area (Å²) in [5, 5.41) is 13.8. The largest absolute Gasteiger partial charge is 0.481 e. The number of thioether (sulfide) groups is 1. The van der Waals surface area contributed by atoms with Gasteiger partial charge < -0.3 is 14.4 Å². The summed E-state index contributed by atoms with van der Waals surface area (Å²) in [7, 11) is 0. The van der Waals surface area contributed by atoms with Crippen LogP contribution >= 0.6 is 23.4 Å². The summed E-state index contributed by atoms with van der Waals surface area (Å²) >= 11 is 7.83. The molecular formula is C29H26ClNO5S. The lowest BCUT2D eigenvalue weighted by Gasteiger charge is -2.15. The van der Waals surface area contributed by atoms with Crippen molar-refractivity contribution in [2.24, 2.45) is 0 Å². The molecule has 0 bridgehead atoms. The number of carbonyl (C=O) groups excluding carboxylic acids is 1. The molecule has 0 fully saturated rings. The number of esters is 1. The van der Waals surface area contributed by atoms with E-state index in [1.54, 1.807) is 31.7 Å². The Balaban J connectivity index is 1.42. The molecule has 1 unspecified atom stereocenters. The van der Waals surface area contributed by atoms with E-state index >= 15 is 0 Å². The van der Waals surface area contributed by atoms with Gasteiger partial charge in [-0.25, -0.2) is 0 Å². The predicted molar refractivity (Wildman–Crippen MR) is 144 cm³/mol. The van der Waals surface area contributed by atoms with E-state index < -0.39 is 18.0 Å². The molecule has 0 aliphatic rings. The Labute approximate surface area is 224 Å². The number of halogens is 1. The Morgan fingerprint density at radius 1 is 1.03 bits per heavy atom. The second-order valence-electron chi connectivity index (χ2n) is 8.57. The van der Waals surface area contributed by atoms with Gasteiger partial charge in [-0.2, -0.15) is 0 Å². The zero-order valence-corrected chi connectivity index (χ0v) is 22.0. The van der Waals surface area contributed by atoms with E-state index in [4.69, 9.17) is 26.0 Å². The van der Waals surface area contributed by atoms with Gasteiger partial charge in [0.05, 0.1) is 18.5 Å². The van der Waals surface area contributed by atoms with E-state index in [1.165, 1.54) is 0 Å². The molecule has 0 saturated heterocycles. The maximum atomic E-state index is 12.7.